The quantitative estimate of drug-likeness (QED) is 0.719. The minimum Gasteiger partial charge on any atom is -0.444 e. The molecule has 0 atom stereocenters. The normalized spacial score (nSPS) is 11.2. The average Bonchev–Trinajstić information content (AvgIpc) is 2.08. The number of hydrogen-bond acceptors (Lipinski definition) is 3. The van der Waals surface area contributed by atoms with Gasteiger partial charge in [-0.25, -0.2) is 4.79 Å². The molecule has 4 nitrogen and oxygen atoms in total. The number of allylic oxidation sites excluding steroid dienone is 1. The van der Waals surface area contributed by atoms with Gasteiger partial charge in [0.25, 0.3) is 0 Å². The summed E-state index contributed by atoms with van der Waals surface area (Å²) in [4.78, 5) is 11.3. The van der Waals surface area contributed by atoms with E-state index in [2.05, 4.69) is 18.5 Å². The Morgan fingerprint density at radius 3 is 2.38 bits per heavy atom. The van der Waals surface area contributed by atoms with Crippen LogP contribution in [0.15, 0.2) is 36.6 Å². The van der Waals surface area contributed by atoms with Crippen LogP contribution in [0.3, 0.4) is 0 Å². The Hall–Kier alpha value is -1.71. The molecule has 0 aliphatic heterocycles. The van der Waals surface area contributed by atoms with Gasteiger partial charge in [0.05, 0.1) is 0 Å². The molecule has 3 N–H and O–H groups in total. The first-order valence-corrected chi connectivity index (χ1v) is 4.98. The molecule has 0 saturated carbocycles. The van der Waals surface area contributed by atoms with Gasteiger partial charge >= 0.3 is 6.09 Å². The van der Waals surface area contributed by atoms with E-state index < -0.39 is 11.7 Å². The molecular formula is C12H20N2O2. The monoisotopic (exact) mass is 224 g/mol. The molecule has 0 saturated heterocycles. The number of alkyl carbamates (subject to hydrolysis) is 1. The molecule has 0 aliphatic rings. The number of hydrogen-bond donors (Lipinski definition) is 2. The zero-order valence-electron chi connectivity index (χ0n) is 10.2. The highest BCUT2D eigenvalue weighted by molar-refractivity contribution is 5.68. The lowest BCUT2D eigenvalue weighted by Gasteiger charge is -2.19. The molecule has 0 heterocycles. The number of carbonyl (C=O) groups excluding carboxylic acids is 1. The predicted molar refractivity (Wildman–Crippen MR) is 65.8 cm³/mol. The molecule has 0 rings (SSSR count). The topological polar surface area (TPSA) is 64.3 Å². The highest BCUT2D eigenvalue weighted by Gasteiger charge is 2.15. The largest absolute Gasteiger partial charge is 0.444 e. The summed E-state index contributed by atoms with van der Waals surface area (Å²) >= 11 is 0. The van der Waals surface area contributed by atoms with Crippen LogP contribution in [0.5, 0.6) is 0 Å². The first-order valence-electron chi connectivity index (χ1n) is 4.98. The first kappa shape index (κ1) is 14.3. The molecule has 0 bridgehead atoms. The second kappa shape index (κ2) is 6.00. The Balaban J connectivity index is 3.93. The van der Waals surface area contributed by atoms with E-state index in [1.807, 2.05) is 0 Å². The Labute approximate surface area is 96.8 Å². The SMILES string of the molecule is C=C(N)/C=C\C(=C)CNC(=O)OC(C)(C)C. The van der Waals surface area contributed by atoms with Crippen LogP contribution in [0, 0.1) is 0 Å². The fourth-order valence-corrected chi connectivity index (χ4v) is 0.784. The van der Waals surface area contributed by atoms with Gasteiger partial charge in [-0.1, -0.05) is 19.2 Å². The van der Waals surface area contributed by atoms with Crippen LogP contribution in [0.1, 0.15) is 20.8 Å². The summed E-state index contributed by atoms with van der Waals surface area (Å²) in [6.07, 6.45) is 2.85. The fourth-order valence-electron chi connectivity index (χ4n) is 0.784. The number of carbonyl (C=O) groups is 1. The van der Waals surface area contributed by atoms with Gasteiger partial charge in [-0.3, -0.25) is 0 Å². The van der Waals surface area contributed by atoms with Gasteiger partial charge in [0, 0.05) is 12.2 Å². The van der Waals surface area contributed by atoms with Crippen molar-refractivity contribution in [2.45, 2.75) is 26.4 Å². The summed E-state index contributed by atoms with van der Waals surface area (Å²) in [6, 6.07) is 0. The van der Waals surface area contributed by atoms with E-state index in [4.69, 9.17) is 10.5 Å². The fraction of sp³-hybridized carbons (Fsp3) is 0.417. The average molecular weight is 224 g/mol. The molecule has 0 fully saturated rings. The van der Waals surface area contributed by atoms with Gasteiger partial charge in [0.15, 0.2) is 0 Å². The standard InChI is InChI=1S/C12H20N2O2/c1-9(6-7-10(2)13)8-14-11(15)16-12(3,4)5/h6-7H,1-2,8,13H2,3-5H3,(H,14,15)/b7-6-. The number of ether oxygens (including phenoxy) is 1. The van der Waals surface area contributed by atoms with Gasteiger partial charge in [-0.05, 0) is 32.4 Å². The van der Waals surface area contributed by atoms with Crippen molar-refractivity contribution in [1.82, 2.24) is 5.32 Å². The molecule has 0 aliphatic carbocycles. The predicted octanol–water partition coefficient (Wildman–Crippen LogP) is 2.10. The first-order chi connectivity index (χ1) is 7.20. The lowest BCUT2D eigenvalue weighted by atomic mass is 10.2. The molecule has 90 valence electrons. The van der Waals surface area contributed by atoms with Gasteiger partial charge in [-0.2, -0.15) is 0 Å². The summed E-state index contributed by atoms with van der Waals surface area (Å²) < 4.78 is 5.06. The minimum atomic E-state index is -0.493. The minimum absolute atomic E-state index is 0.318. The van der Waals surface area contributed by atoms with Gasteiger partial charge in [-0.15, -0.1) is 0 Å². The summed E-state index contributed by atoms with van der Waals surface area (Å²) in [5.41, 5.74) is 6.02. The van der Waals surface area contributed by atoms with Gasteiger partial charge in [0.2, 0.25) is 0 Å². The van der Waals surface area contributed by atoms with Crippen molar-refractivity contribution >= 4 is 6.09 Å². The highest BCUT2D eigenvalue weighted by Crippen LogP contribution is 2.06. The van der Waals surface area contributed by atoms with Crippen LogP contribution in [0.4, 0.5) is 4.79 Å². The summed E-state index contributed by atoms with van der Waals surface area (Å²) in [7, 11) is 0. The van der Waals surface area contributed by atoms with Crippen LogP contribution in [-0.4, -0.2) is 18.2 Å². The van der Waals surface area contributed by atoms with Crippen LogP contribution < -0.4 is 11.1 Å². The smallest absolute Gasteiger partial charge is 0.407 e. The van der Waals surface area contributed by atoms with E-state index >= 15 is 0 Å². The van der Waals surface area contributed by atoms with E-state index in [-0.39, 0.29) is 0 Å². The molecule has 0 aromatic rings. The summed E-state index contributed by atoms with van der Waals surface area (Å²) in [5.74, 6) is 0. The van der Waals surface area contributed by atoms with Crippen molar-refractivity contribution in [1.29, 1.82) is 0 Å². The van der Waals surface area contributed by atoms with Crippen LogP contribution in [0.25, 0.3) is 0 Å². The molecule has 0 unspecified atom stereocenters. The zero-order chi connectivity index (χ0) is 12.8. The van der Waals surface area contributed by atoms with Gasteiger partial charge < -0.3 is 15.8 Å². The number of rotatable bonds is 4. The number of nitrogens with one attached hydrogen (secondary N) is 1. The molecule has 16 heavy (non-hydrogen) atoms. The van der Waals surface area contributed by atoms with Crippen LogP contribution >= 0.6 is 0 Å². The van der Waals surface area contributed by atoms with Crippen molar-refractivity contribution < 1.29 is 9.53 Å². The van der Waals surface area contributed by atoms with E-state index in [9.17, 15) is 4.79 Å². The van der Waals surface area contributed by atoms with Crippen molar-refractivity contribution in [2.24, 2.45) is 5.73 Å². The molecule has 1 amide bonds. The molecule has 0 spiro atoms. The number of amides is 1. The third-order valence-corrected chi connectivity index (χ3v) is 1.39. The third-order valence-electron chi connectivity index (χ3n) is 1.39. The van der Waals surface area contributed by atoms with Crippen molar-refractivity contribution in [3.63, 3.8) is 0 Å². The van der Waals surface area contributed by atoms with Crippen LogP contribution in [-0.2, 0) is 4.74 Å². The lowest BCUT2D eigenvalue weighted by molar-refractivity contribution is 0.0533. The van der Waals surface area contributed by atoms with Crippen molar-refractivity contribution in [3.05, 3.63) is 36.6 Å². The third kappa shape index (κ3) is 8.87. The van der Waals surface area contributed by atoms with Crippen molar-refractivity contribution in [3.8, 4) is 0 Å². The second-order valence-electron chi connectivity index (χ2n) is 4.42. The van der Waals surface area contributed by atoms with Crippen LogP contribution in [0.2, 0.25) is 0 Å². The maximum Gasteiger partial charge on any atom is 0.407 e. The molecular weight excluding hydrogens is 204 g/mol. The lowest BCUT2D eigenvalue weighted by Crippen LogP contribution is -2.33. The highest BCUT2D eigenvalue weighted by atomic mass is 16.6. The second-order valence-corrected chi connectivity index (χ2v) is 4.42. The van der Waals surface area contributed by atoms with E-state index in [0.29, 0.717) is 12.2 Å². The zero-order valence-corrected chi connectivity index (χ0v) is 10.2. The maximum atomic E-state index is 11.3. The summed E-state index contributed by atoms with van der Waals surface area (Å²) in [5, 5.41) is 2.58. The van der Waals surface area contributed by atoms with E-state index in [0.717, 1.165) is 5.57 Å². The molecule has 4 heteroatoms. The van der Waals surface area contributed by atoms with E-state index in [1.54, 1.807) is 32.9 Å². The Morgan fingerprint density at radius 1 is 1.38 bits per heavy atom. The van der Waals surface area contributed by atoms with Crippen molar-refractivity contribution in [2.75, 3.05) is 6.54 Å². The van der Waals surface area contributed by atoms with Gasteiger partial charge in [0.1, 0.15) is 5.60 Å². The Bertz CT molecular complexity index is 311. The Morgan fingerprint density at radius 2 is 1.94 bits per heavy atom. The maximum absolute atomic E-state index is 11.3. The molecule has 0 aromatic heterocycles. The molecule has 0 radical (unpaired) electrons. The summed E-state index contributed by atoms with van der Waals surface area (Å²) in [6.45, 7) is 13.0. The number of nitrogens with two attached hydrogens (primary N) is 1. The Kier molecular flexibility index (Phi) is 5.36. The molecule has 0 aromatic carbocycles. The van der Waals surface area contributed by atoms with E-state index in [1.165, 1.54) is 0 Å².